The fourth-order valence-corrected chi connectivity index (χ4v) is 11.6. The molecule has 9 nitrogen and oxygen atoms in total. The zero-order valence-corrected chi connectivity index (χ0v) is 52.0. The predicted octanol–water partition coefficient (Wildman–Crippen LogP) is 18.7. The maximum atomic E-state index is 13.1. The van der Waals surface area contributed by atoms with Crippen molar-refractivity contribution < 1.29 is 39.8 Å². The molecule has 0 aliphatic carbocycles. The molecule has 78 heavy (non-hydrogen) atoms. The molecule has 0 aromatic heterocycles. The number of hydrogen-bond donors (Lipinski definition) is 6. The molecule has 0 aromatic carbocycles. The van der Waals surface area contributed by atoms with Crippen LogP contribution in [0.5, 0.6) is 0 Å². The quantitative estimate of drug-likeness (QED) is 0.0261. The first-order chi connectivity index (χ1) is 38.3. The average molecular weight is 1110 g/mol. The summed E-state index contributed by atoms with van der Waals surface area (Å²) < 4.78 is 11.3. The standard InChI is InChI=1S/C69H135NO8/c1-3-5-7-9-11-13-15-17-19-21-23-25-27-28-29-30-31-32-33-34-35-36-37-38-40-42-44-46-48-50-52-54-56-58-63(72)62(61-77-69-68(76)67(75)66(74)64(60-71)78-69)70-65(73)59-57-55-53-51-49-47-45-43-41-39-26-24-22-20-18-16-14-12-10-8-6-4-2/h56,58,62-64,66-69,71-72,74-76H,3-55,57,59-61H2,1-2H3,(H,70,73)/b58-56+. The Balaban J connectivity index is 2.11. The third kappa shape index (κ3) is 47.4. The van der Waals surface area contributed by atoms with Crippen molar-refractivity contribution in [3.05, 3.63) is 12.2 Å². The van der Waals surface area contributed by atoms with E-state index in [2.05, 4.69) is 19.2 Å². The van der Waals surface area contributed by atoms with E-state index in [1.165, 1.54) is 308 Å². The van der Waals surface area contributed by atoms with Gasteiger partial charge in [0, 0.05) is 6.42 Å². The van der Waals surface area contributed by atoms with Gasteiger partial charge < -0.3 is 40.3 Å². The lowest BCUT2D eigenvalue weighted by Gasteiger charge is -2.40. The van der Waals surface area contributed by atoms with E-state index in [9.17, 15) is 30.3 Å². The van der Waals surface area contributed by atoms with Gasteiger partial charge in [0.05, 0.1) is 25.4 Å². The Morgan fingerprint density at radius 1 is 0.423 bits per heavy atom. The molecule has 464 valence electrons. The Bertz CT molecular complexity index is 1240. The maximum Gasteiger partial charge on any atom is 0.220 e. The molecule has 1 heterocycles. The summed E-state index contributed by atoms with van der Waals surface area (Å²) in [5.41, 5.74) is 0. The fraction of sp³-hybridized carbons (Fsp3) is 0.957. The smallest absolute Gasteiger partial charge is 0.220 e. The lowest BCUT2D eigenvalue weighted by molar-refractivity contribution is -0.302. The van der Waals surface area contributed by atoms with Crippen LogP contribution in [0, 0.1) is 0 Å². The summed E-state index contributed by atoms with van der Waals surface area (Å²) in [6.45, 7) is 3.84. The second kappa shape index (κ2) is 59.1. The molecule has 1 aliphatic rings. The van der Waals surface area contributed by atoms with Crippen molar-refractivity contribution in [2.24, 2.45) is 0 Å². The first-order valence-electron chi connectivity index (χ1n) is 34.9. The van der Waals surface area contributed by atoms with E-state index in [4.69, 9.17) is 9.47 Å². The molecule has 7 atom stereocenters. The predicted molar refractivity (Wildman–Crippen MR) is 332 cm³/mol. The van der Waals surface area contributed by atoms with Crippen LogP contribution in [0.2, 0.25) is 0 Å². The number of unbranched alkanes of at least 4 members (excludes halogenated alkanes) is 52. The Morgan fingerprint density at radius 3 is 1.00 bits per heavy atom. The summed E-state index contributed by atoms with van der Waals surface area (Å²) in [4.78, 5) is 13.1. The minimum absolute atomic E-state index is 0.167. The zero-order valence-electron chi connectivity index (χ0n) is 52.0. The Hall–Kier alpha value is -1.07. The van der Waals surface area contributed by atoms with Crippen LogP contribution in [0.3, 0.4) is 0 Å². The van der Waals surface area contributed by atoms with Crippen LogP contribution >= 0.6 is 0 Å². The highest BCUT2D eigenvalue weighted by atomic mass is 16.7. The molecular formula is C69H135NO8. The van der Waals surface area contributed by atoms with Gasteiger partial charge in [0.1, 0.15) is 24.4 Å². The summed E-state index contributed by atoms with van der Waals surface area (Å²) in [6, 6.07) is -0.802. The lowest BCUT2D eigenvalue weighted by Crippen LogP contribution is -2.60. The van der Waals surface area contributed by atoms with Gasteiger partial charge in [0.2, 0.25) is 5.91 Å². The minimum atomic E-state index is -1.56. The van der Waals surface area contributed by atoms with Crippen molar-refractivity contribution in [1.82, 2.24) is 5.32 Å². The molecule has 0 aromatic rings. The van der Waals surface area contributed by atoms with Crippen molar-refractivity contribution in [3.63, 3.8) is 0 Å². The molecule has 0 saturated carbocycles. The van der Waals surface area contributed by atoms with Crippen LogP contribution in [0.15, 0.2) is 12.2 Å². The SMILES string of the molecule is CCCCCCCCCCCCCCCCCCCCCCCCCCCCCCCCC/C=C/C(O)C(COC1OC(CO)C(O)C(O)C1O)NC(=O)CCCCCCCCCCCCCCCCCCCCCCCC. The fourth-order valence-electron chi connectivity index (χ4n) is 11.6. The summed E-state index contributed by atoms with van der Waals surface area (Å²) in [5.74, 6) is -0.167. The van der Waals surface area contributed by atoms with Crippen LogP contribution in [-0.2, 0) is 14.3 Å². The first kappa shape index (κ1) is 74.9. The zero-order chi connectivity index (χ0) is 56.5. The third-order valence-electron chi connectivity index (χ3n) is 17.1. The van der Waals surface area contributed by atoms with Crippen molar-refractivity contribution in [2.45, 2.75) is 410 Å². The Kier molecular flexibility index (Phi) is 56.8. The van der Waals surface area contributed by atoms with Gasteiger partial charge in [-0.15, -0.1) is 0 Å². The molecular weight excluding hydrogens is 971 g/mol. The lowest BCUT2D eigenvalue weighted by atomic mass is 9.99. The summed E-state index contributed by atoms with van der Waals surface area (Å²) >= 11 is 0. The van der Waals surface area contributed by atoms with E-state index in [0.29, 0.717) is 6.42 Å². The number of nitrogens with one attached hydrogen (secondary N) is 1. The maximum absolute atomic E-state index is 13.1. The number of ether oxygens (including phenoxy) is 2. The van der Waals surface area contributed by atoms with Crippen LogP contribution < -0.4 is 5.32 Å². The second-order valence-electron chi connectivity index (χ2n) is 24.7. The van der Waals surface area contributed by atoms with Crippen molar-refractivity contribution in [3.8, 4) is 0 Å². The van der Waals surface area contributed by atoms with Crippen molar-refractivity contribution >= 4 is 5.91 Å². The molecule has 7 unspecified atom stereocenters. The number of amides is 1. The van der Waals surface area contributed by atoms with Gasteiger partial charge in [-0.3, -0.25) is 4.79 Å². The number of hydrogen-bond acceptors (Lipinski definition) is 8. The average Bonchev–Trinajstić information content (AvgIpc) is 3.45. The minimum Gasteiger partial charge on any atom is -0.394 e. The largest absolute Gasteiger partial charge is 0.394 e. The summed E-state index contributed by atoms with van der Waals surface area (Å²) in [6.07, 6.45) is 68.9. The molecule has 1 saturated heterocycles. The van der Waals surface area contributed by atoms with Gasteiger partial charge in [-0.05, 0) is 19.3 Å². The van der Waals surface area contributed by atoms with E-state index in [1.54, 1.807) is 6.08 Å². The van der Waals surface area contributed by atoms with Crippen LogP contribution in [0.25, 0.3) is 0 Å². The number of carbonyl (C=O) groups is 1. The molecule has 1 amide bonds. The Labute approximate surface area is 484 Å². The van der Waals surface area contributed by atoms with E-state index in [-0.39, 0.29) is 12.5 Å². The van der Waals surface area contributed by atoms with Gasteiger partial charge in [-0.2, -0.15) is 0 Å². The van der Waals surface area contributed by atoms with Crippen molar-refractivity contribution in [1.29, 1.82) is 0 Å². The molecule has 1 fully saturated rings. The highest BCUT2D eigenvalue weighted by Gasteiger charge is 2.44. The monoisotopic (exact) mass is 1110 g/mol. The van der Waals surface area contributed by atoms with Gasteiger partial charge in [-0.25, -0.2) is 0 Å². The second-order valence-corrected chi connectivity index (χ2v) is 24.7. The first-order valence-corrected chi connectivity index (χ1v) is 34.9. The van der Waals surface area contributed by atoms with E-state index >= 15 is 0 Å². The molecule has 0 spiro atoms. The van der Waals surface area contributed by atoms with Gasteiger partial charge in [0.25, 0.3) is 0 Å². The highest BCUT2D eigenvalue weighted by molar-refractivity contribution is 5.76. The summed E-state index contributed by atoms with van der Waals surface area (Å²) in [7, 11) is 0. The molecule has 6 N–H and O–H groups in total. The number of aliphatic hydroxyl groups is 5. The van der Waals surface area contributed by atoms with Crippen LogP contribution in [-0.4, -0.2) is 87.5 Å². The van der Waals surface area contributed by atoms with Crippen LogP contribution in [0.4, 0.5) is 0 Å². The number of allylic oxidation sites excluding steroid dienone is 1. The highest BCUT2D eigenvalue weighted by Crippen LogP contribution is 2.24. The normalized spacial score (nSPS) is 18.6. The molecule has 1 rings (SSSR count). The number of aliphatic hydroxyl groups excluding tert-OH is 5. The molecule has 1 aliphatic heterocycles. The van der Waals surface area contributed by atoms with E-state index in [1.807, 2.05) is 6.08 Å². The van der Waals surface area contributed by atoms with Gasteiger partial charge in [-0.1, -0.05) is 353 Å². The van der Waals surface area contributed by atoms with Crippen LogP contribution in [0.1, 0.15) is 367 Å². The Morgan fingerprint density at radius 2 is 0.705 bits per heavy atom. The number of rotatable bonds is 62. The van der Waals surface area contributed by atoms with Crippen molar-refractivity contribution in [2.75, 3.05) is 13.2 Å². The third-order valence-corrected chi connectivity index (χ3v) is 17.1. The molecule has 0 bridgehead atoms. The number of carbonyl (C=O) groups excluding carboxylic acids is 1. The van der Waals surface area contributed by atoms with E-state index in [0.717, 1.165) is 38.5 Å². The molecule has 0 radical (unpaired) electrons. The topological polar surface area (TPSA) is 149 Å². The van der Waals surface area contributed by atoms with E-state index < -0.39 is 49.5 Å². The van der Waals surface area contributed by atoms with Gasteiger partial charge in [0.15, 0.2) is 6.29 Å². The molecule has 9 heteroatoms. The van der Waals surface area contributed by atoms with Gasteiger partial charge >= 0.3 is 0 Å². The summed E-state index contributed by atoms with van der Waals surface area (Å²) in [5, 5.41) is 54.7.